The highest BCUT2D eigenvalue weighted by atomic mass is 16.4. The van der Waals surface area contributed by atoms with Crippen LogP contribution in [0.15, 0.2) is 24.3 Å². The van der Waals surface area contributed by atoms with Crippen LogP contribution in [0.5, 0.6) is 5.75 Å². The molecule has 1 amide bonds. The first-order valence-electron chi connectivity index (χ1n) is 6.75. The molecule has 5 nitrogen and oxygen atoms in total. The Balaban J connectivity index is 1.94. The molecule has 0 aliphatic heterocycles. The molecule has 0 saturated heterocycles. The van der Waals surface area contributed by atoms with Crippen molar-refractivity contribution in [1.29, 1.82) is 0 Å². The molecule has 3 N–H and O–H groups in total. The van der Waals surface area contributed by atoms with E-state index in [2.05, 4.69) is 5.32 Å². The largest absolute Gasteiger partial charge is 0.508 e. The van der Waals surface area contributed by atoms with Crippen molar-refractivity contribution in [2.45, 2.75) is 26.3 Å². The third-order valence-corrected chi connectivity index (χ3v) is 3.86. The smallest absolute Gasteiger partial charge is 0.307 e. The predicted molar refractivity (Wildman–Crippen MR) is 73.0 cm³/mol. The molecule has 0 spiro atoms. The van der Waals surface area contributed by atoms with Crippen LogP contribution in [0.1, 0.15) is 25.3 Å². The van der Waals surface area contributed by atoms with Crippen LogP contribution >= 0.6 is 0 Å². The van der Waals surface area contributed by atoms with Gasteiger partial charge in [-0.25, -0.2) is 0 Å². The Bertz CT molecular complexity index is 497. The van der Waals surface area contributed by atoms with Gasteiger partial charge in [0.2, 0.25) is 5.91 Å². The summed E-state index contributed by atoms with van der Waals surface area (Å²) in [4.78, 5) is 23.3. The number of benzene rings is 1. The summed E-state index contributed by atoms with van der Waals surface area (Å²) >= 11 is 0. The molecular formula is C15H19NO4. The second-order valence-electron chi connectivity index (χ2n) is 5.51. The predicted octanol–water partition coefficient (Wildman–Crippen LogP) is 1.76. The van der Waals surface area contributed by atoms with Crippen molar-refractivity contribution < 1.29 is 19.8 Å². The highest BCUT2D eigenvalue weighted by Gasteiger charge is 2.40. The van der Waals surface area contributed by atoms with E-state index in [4.69, 9.17) is 5.11 Å². The number of nitrogens with one attached hydrogen (secondary N) is 1. The van der Waals surface area contributed by atoms with E-state index >= 15 is 0 Å². The van der Waals surface area contributed by atoms with Crippen molar-refractivity contribution in [3.63, 3.8) is 0 Å². The average molecular weight is 277 g/mol. The minimum Gasteiger partial charge on any atom is -0.508 e. The Labute approximate surface area is 117 Å². The standard InChI is InChI=1S/C15H19NO4/c1-9-6-12(13(7-9)15(19)20)14(18)16-8-10-2-4-11(17)5-3-10/h2-5,9,12-13,17H,6-8H2,1H3,(H,16,18)(H,19,20). The summed E-state index contributed by atoms with van der Waals surface area (Å²) in [7, 11) is 0. The number of aromatic hydroxyl groups is 1. The molecule has 5 heteroatoms. The number of phenolic OH excluding ortho intramolecular Hbond substituents is 1. The quantitative estimate of drug-likeness (QED) is 0.782. The van der Waals surface area contributed by atoms with Gasteiger partial charge < -0.3 is 15.5 Å². The summed E-state index contributed by atoms with van der Waals surface area (Å²) in [6, 6.07) is 6.56. The van der Waals surface area contributed by atoms with Gasteiger partial charge in [0, 0.05) is 6.54 Å². The zero-order valence-electron chi connectivity index (χ0n) is 11.4. The minimum atomic E-state index is -0.890. The van der Waals surface area contributed by atoms with Gasteiger partial charge in [-0.1, -0.05) is 19.1 Å². The number of amides is 1. The Morgan fingerprint density at radius 2 is 1.80 bits per heavy atom. The number of hydrogen-bond acceptors (Lipinski definition) is 3. The maximum atomic E-state index is 12.1. The van der Waals surface area contributed by atoms with Crippen LogP contribution in [0.4, 0.5) is 0 Å². The van der Waals surface area contributed by atoms with E-state index in [1.165, 1.54) is 0 Å². The van der Waals surface area contributed by atoms with Gasteiger partial charge in [0.25, 0.3) is 0 Å². The molecule has 108 valence electrons. The van der Waals surface area contributed by atoms with Gasteiger partial charge in [-0.05, 0) is 36.5 Å². The number of carboxylic acids is 1. The molecule has 1 aliphatic carbocycles. The number of rotatable bonds is 4. The lowest BCUT2D eigenvalue weighted by molar-refractivity contribution is -0.146. The van der Waals surface area contributed by atoms with Gasteiger partial charge in [0.1, 0.15) is 5.75 Å². The van der Waals surface area contributed by atoms with Crippen molar-refractivity contribution in [1.82, 2.24) is 5.32 Å². The van der Waals surface area contributed by atoms with Gasteiger partial charge in [-0.15, -0.1) is 0 Å². The summed E-state index contributed by atoms with van der Waals surface area (Å²) < 4.78 is 0. The van der Waals surface area contributed by atoms with Crippen molar-refractivity contribution >= 4 is 11.9 Å². The second kappa shape index (κ2) is 5.94. The van der Waals surface area contributed by atoms with Gasteiger partial charge in [-0.3, -0.25) is 9.59 Å². The Morgan fingerprint density at radius 3 is 2.40 bits per heavy atom. The van der Waals surface area contributed by atoms with E-state index in [-0.39, 0.29) is 17.6 Å². The molecule has 1 aromatic carbocycles. The van der Waals surface area contributed by atoms with Gasteiger partial charge in [-0.2, -0.15) is 0 Å². The number of carboxylic acid groups (broad SMARTS) is 1. The topological polar surface area (TPSA) is 86.6 Å². The number of carbonyl (C=O) groups excluding carboxylic acids is 1. The highest BCUT2D eigenvalue weighted by molar-refractivity contribution is 5.85. The molecular weight excluding hydrogens is 258 g/mol. The molecule has 3 unspecified atom stereocenters. The molecule has 20 heavy (non-hydrogen) atoms. The normalized spacial score (nSPS) is 25.4. The van der Waals surface area contributed by atoms with Gasteiger partial charge in [0.15, 0.2) is 0 Å². The summed E-state index contributed by atoms with van der Waals surface area (Å²) in [6.07, 6.45) is 1.19. The fourth-order valence-corrected chi connectivity index (χ4v) is 2.79. The van der Waals surface area contributed by atoms with Crippen LogP contribution in [0, 0.1) is 17.8 Å². The first-order chi connectivity index (χ1) is 9.47. The fourth-order valence-electron chi connectivity index (χ4n) is 2.79. The maximum Gasteiger partial charge on any atom is 0.307 e. The van der Waals surface area contributed by atoms with Crippen molar-refractivity contribution in [3.05, 3.63) is 29.8 Å². The molecule has 3 atom stereocenters. The second-order valence-corrected chi connectivity index (χ2v) is 5.51. The summed E-state index contributed by atoms with van der Waals surface area (Å²) in [5.74, 6) is -1.67. The fraction of sp³-hybridized carbons (Fsp3) is 0.467. The molecule has 0 aromatic heterocycles. The lowest BCUT2D eigenvalue weighted by atomic mass is 9.95. The third kappa shape index (κ3) is 3.29. The first kappa shape index (κ1) is 14.4. The summed E-state index contributed by atoms with van der Waals surface area (Å²) in [5.41, 5.74) is 0.870. The van der Waals surface area contributed by atoms with Crippen LogP contribution < -0.4 is 5.32 Å². The Kier molecular flexibility index (Phi) is 4.27. The van der Waals surface area contributed by atoms with Crippen LogP contribution in [0.3, 0.4) is 0 Å². The third-order valence-electron chi connectivity index (χ3n) is 3.86. The summed E-state index contributed by atoms with van der Waals surface area (Å²) in [5, 5.41) is 21.1. The van der Waals surface area contributed by atoms with Crippen LogP contribution in [0.25, 0.3) is 0 Å². The SMILES string of the molecule is CC1CC(C(=O)O)C(C(=O)NCc2ccc(O)cc2)C1. The average Bonchev–Trinajstić information content (AvgIpc) is 2.80. The Morgan fingerprint density at radius 1 is 1.20 bits per heavy atom. The minimum absolute atomic E-state index is 0.177. The van der Waals surface area contributed by atoms with Crippen LogP contribution in [0.2, 0.25) is 0 Å². The maximum absolute atomic E-state index is 12.1. The molecule has 1 aromatic rings. The molecule has 0 bridgehead atoms. The molecule has 2 rings (SSSR count). The van der Waals surface area contributed by atoms with E-state index in [1.807, 2.05) is 6.92 Å². The molecule has 1 fully saturated rings. The summed E-state index contributed by atoms with van der Waals surface area (Å²) in [6.45, 7) is 2.32. The number of phenols is 1. The monoisotopic (exact) mass is 277 g/mol. The van der Waals surface area contributed by atoms with E-state index in [0.29, 0.717) is 19.4 Å². The number of carbonyl (C=O) groups is 2. The molecule has 0 heterocycles. The lowest BCUT2D eigenvalue weighted by Gasteiger charge is -2.15. The first-order valence-corrected chi connectivity index (χ1v) is 6.75. The van der Waals surface area contributed by atoms with Gasteiger partial charge >= 0.3 is 5.97 Å². The van der Waals surface area contributed by atoms with Gasteiger partial charge in [0.05, 0.1) is 11.8 Å². The zero-order valence-corrected chi connectivity index (χ0v) is 11.4. The molecule has 1 aliphatic rings. The van der Waals surface area contributed by atoms with Crippen LogP contribution in [-0.4, -0.2) is 22.1 Å². The zero-order chi connectivity index (χ0) is 14.7. The van der Waals surface area contributed by atoms with Crippen LogP contribution in [-0.2, 0) is 16.1 Å². The van der Waals surface area contributed by atoms with E-state index in [9.17, 15) is 14.7 Å². The van der Waals surface area contributed by atoms with E-state index < -0.39 is 17.8 Å². The number of hydrogen-bond donors (Lipinski definition) is 3. The van der Waals surface area contributed by atoms with Crippen molar-refractivity contribution in [2.24, 2.45) is 17.8 Å². The lowest BCUT2D eigenvalue weighted by Crippen LogP contribution is -2.34. The Hall–Kier alpha value is -2.04. The highest BCUT2D eigenvalue weighted by Crippen LogP contribution is 2.36. The van der Waals surface area contributed by atoms with E-state index in [0.717, 1.165) is 5.56 Å². The number of aliphatic carboxylic acids is 1. The van der Waals surface area contributed by atoms with Crippen molar-refractivity contribution in [3.8, 4) is 5.75 Å². The van der Waals surface area contributed by atoms with Crippen molar-refractivity contribution in [2.75, 3.05) is 0 Å². The molecule has 1 saturated carbocycles. The van der Waals surface area contributed by atoms with E-state index in [1.54, 1.807) is 24.3 Å². The molecule has 0 radical (unpaired) electrons.